The number of aromatic nitrogens is 6. The molecule has 1 aromatic carbocycles. The third kappa shape index (κ3) is 2.91. The summed E-state index contributed by atoms with van der Waals surface area (Å²) in [5, 5.41) is 20.0. The third-order valence-electron chi connectivity index (χ3n) is 5.12. The van der Waals surface area contributed by atoms with Crippen molar-refractivity contribution < 1.29 is 9.53 Å². The van der Waals surface area contributed by atoms with Crippen LogP contribution in [0.3, 0.4) is 0 Å². The zero-order valence-electron chi connectivity index (χ0n) is 16.3. The lowest BCUT2D eigenvalue weighted by atomic mass is 9.85. The van der Waals surface area contributed by atoms with E-state index in [0.29, 0.717) is 30.3 Å². The van der Waals surface area contributed by atoms with Crippen LogP contribution in [0, 0.1) is 6.92 Å². The van der Waals surface area contributed by atoms with E-state index in [-0.39, 0.29) is 11.8 Å². The van der Waals surface area contributed by atoms with Gasteiger partial charge in [0.15, 0.2) is 11.5 Å². The standard InChI is InChI=1S/C21H19N7O2/c1-3-10-30-16-7-5-4-6-14(16)15-11-19(29)23-21-20(15)13(2)25-28(21)18-9-8-17-24-22-12-27(17)26-18/h3-9,12,15H,1,10-11H2,2H3,(H,23,29)/t15-/m1/s1. The van der Waals surface area contributed by atoms with Crippen molar-refractivity contribution in [1.82, 2.24) is 29.6 Å². The van der Waals surface area contributed by atoms with Gasteiger partial charge in [-0.25, -0.2) is 0 Å². The van der Waals surface area contributed by atoms with Gasteiger partial charge in [0.05, 0.1) is 5.69 Å². The summed E-state index contributed by atoms with van der Waals surface area (Å²) >= 11 is 0. The van der Waals surface area contributed by atoms with E-state index in [9.17, 15) is 4.79 Å². The highest BCUT2D eigenvalue weighted by Gasteiger charge is 2.34. The van der Waals surface area contributed by atoms with Gasteiger partial charge in [0, 0.05) is 23.5 Å². The lowest BCUT2D eigenvalue weighted by Crippen LogP contribution is -2.25. The Morgan fingerprint density at radius 2 is 2.13 bits per heavy atom. The molecular weight excluding hydrogens is 382 g/mol. The van der Waals surface area contributed by atoms with Crippen LogP contribution in [0.15, 0.2) is 55.4 Å². The van der Waals surface area contributed by atoms with E-state index in [4.69, 9.17) is 4.74 Å². The third-order valence-corrected chi connectivity index (χ3v) is 5.12. The van der Waals surface area contributed by atoms with Gasteiger partial charge in [0.1, 0.15) is 24.5 Å². The zero-order valence-corrected chi connectivity index (χ0v) is 16.3. The minimum absolute atomic E-state index is 0.0856. The van der Waals surface area contributed by atoms with Crippen LogP contribution in [-0.4, -0.2) is 42.1 Å². The molecule has 3 aromatic heterocycles. The quantitative estimate of drug-likeness (QED) is 0.516. The molecule has 0 unspecified atom stereocenters. The second-order valence-electron chi connectivity index (χ2n) is 7.03. The number of nitrogens with zero attached hydrogens (tertiary/aromatic N) is 6. The van der Waals surface area contributed by atoms with Crippen molar-refractivity contribution in [2.75, 3.05) is 11.9 Å². The van der Waals surface area contributed by atoms with Gasteiger partial charge in [-0.15, -0.1) is 15.3 Å². The maximum Gasteiger partial charge on any atom is 0.226 e. The van der Waals surface area contributed by atoms with Crippen molar-refractivity contribution in [3.63, 3.8) is 0 Å². The Bertz CT molecular complexity index is 1270. The molecule has 4 heterocycles. The summed E-state index contributed by atoms with van der Waals surface area (Å²) < 4.78 is 9.08. The molecule has 0 bridgehead atoms. The van der Waals surface area contributed by atoms with Crippen LogP contribution in [0.4, 0.5) is 5.82 Å². The summed E-state index contributed by atoms with van der Waals surface area (Å²) in [7, 11) is 0. The Morgan fingerprint density at radius 3 is 3.00 bits per heavy atom. The number of carbonyl (C=O) groups is 1. The normalized spacial score (nSPS) is 15.6. The molecule has 1 aliphatic rings. The number of benzene rings is 1. The van der Waals surface area contributed by atoms with Gasteiger partial charge in [0.2, 0.25) is 5.91 Å². The van der Waals surface area contributed by atoms with Crippen LogP contribution >= 0.6 is 0 Å². The highest BCUT2D eigenvalue weighted by molar-refractivity contribution is 5.95. The first-order valence-electron chi connectivity index (χ1n) is 9.55. The number of aryl methyl sites for hydroxylation is 1. The van der Waals surface area contributed by atoms with Gasteiger partial charge in [0.25, 0.3) is 0 Å². The molecule has 0 aliphatic carbocycles. The Kier molecular flexibility index (Phi) is 4.27. The van der Waals surface area contributed by atoms with Crippen molar-refractivity contribution >= 4 is 17.4 Å². The van der Waals surface area contributed by atoms with Crippen LogP contribution in [-0.2, 0) is 4.79 Å². The minimum atomic E-state index is -0.179. The average molecular weight is 401 g/mol. The number of hydrogen-bond acceptors (Lipinski definition) is 6. The molecular formula is C21H19N7O2. The number of nitrogens with one attached hydrogen (secondary N) is 1. The monoisotopic (exact) mass is 401 g/mol. The van der Waals surface area contributed by atoms with Gasteiger partial charge >= 0.3 is 0 Å². The molecule has 0 fully saturated rings. The molecule has 0 radical (unpaired) electrons. The summed E-state index contributed by atoms with van der Waals surface area (Å²) in [4.78, 5) is 12.6. The topological polar surface area (TPSA) is 99.2 Å². The molecule has 150 valence electrons. The number of anilines is 1. The molecule has 4 aromatic rings. The first-order valence-corrected chi connectivity index (χ1v) is 9.55. The number of para-hydroxylation sites is 1. The fourth-order valence-electron chi connectivity index (χ4n) is 3.86. The second kappa shape index (κ2) is 7.11. The second-order valence-corrected chi connectivity index (χ2v) is 7.03. The summed E-state index contributed by atoms with van der Waals surface area (Å²) in [5.74, 6) is 1.65. The van der Waals surface area contributed by atoms with E-state index in [1.54, 1.807) is 27.4 Å². The molecule has 0 spiro atoms. The van der Waals surface area contributed by atoms with Crippen LogP contribution in [0.2, 0.25) is 0 Å². The van der Waals surface area contributed by atoms with Crippen molar-refractivity contribution in [2.24, 2.45) is 0 Å². The van der Waals surface area contributed by atoms with Gasteiger partial charge < -0.3 is 10.1 Å². The predicted octanol–water partition coefficient (Wildman–Crippen LogP) is 2.66. The molecule has 9 heteroatoms. The number of hydrogen-bond donors (Lipinski definition) is 1. The van der Waals surface area contributed by atoms with Crippen LogP contribution in [0.25, 0.3) is 11.5 Å². The van der Waals surface area contributed by atoms with Crippen molar-refractivity contribution in [2.45, 2.75) is 19.3 Å². The highest BCUT2D eigenvalue weighted by Crippen LogP contribution is 2.42. The van der Waals surface area contributed by atoms with Gasteiger partial charge in [-0.05, 0) is 25.1 Å². The maximum absolute atomic E-state index is 12.6. The van der Waals surface area contributed by atoms with Crippen molar-refractivity contribution in [3.8, 4) is 11.6 Å². The lowest BCUT2D eigenvalue weighted by Gasteiger charge is -2.25. The van der Waals surface area contributed by atoms with Gasteiger partial charge in [-0.1, -0.05) is 30.9 Å². The summed E-state index contributed by atoms with van der Waals surface area (Å²) in [6.07, 6.45) is 3.54. The fourth-order valence-corrected chi connectivity index (χ4v) is 3.86. The largest absolute Gasteiger partial charge is 0.489 e. The predicted molar refractivity (Wildman–Crippen MR) is 110 cm³/mol. The highest BCUT2D eigenvalue weighted by atomic mass is 16.5. The first-order chi connectivity index (χ1) is 14.7. The van der Waals surface area contributed by atoms with E-state index in [1.807, 2.05) is 31.2 Å². The number of rotatable bonds is 5. The molecule has 0 saturated carbocycles. The van der Waals surface area contributed by atoms with Gasteiger partial charge in [-0.2, -0.15) is 14.3 Å². The minimum Gasteiger partial charge on any atom is -0.489 e. The number of amides is 1. The summed E-state index contributed by atoms with van der Waals surface area (Å²) in [6, 6.07) is 11.4. The lowest BCUT2D eigenvalue weighted by molar-refractivity contribution is -0.116. The van der Waals surface area contributed by atoms with Crippen molar-refractivity contribution in [1.29, 1.82) is 0 Å². The SMILES string of the molecule is C=CCOc1ccccc1[C@H]1CC(=O)Nc2c1c(C)nn2-c1ccc2nncn2n1. The van der Waals surface area contributed by atoms with E-state index in [0.717, 1.165) is 22.6 Å². The molecule has 30 heavy (non-hydrogen) atoms. The number of ether oxygens (including phenoxy) is 1. The molecule has 1 aliphatic heterocycles. The van der Waals surface area contributed by atoms with E-state index >= 15 is 0 Å². The molecule has 1 amide bonds. The number of fused-ring (bicyclic) bond motifs is 2. The summed E-state index contributed by atoms with van der Waals surface area (Å²) in [6.45, 7) is 6.04. The van der Waals surface area contributed by atoms with E-state index < -0.39 is 0 Å². The van der Waals surface area contributed by atoms with E-state index in [1.165, 1.54) is 6.33 Å². The van der Waals surface area contributed by atoms with Crippen molar-refractivity contribution in [3.05, 3.63) is 72.2 Å². The molecule has 5 rings (SSSR count). The molecule has 0 saturated heterocycles. The smallest absolute Gasteiger partial charge is 0.226 e. The summed E-state index contributed by atoms with van der Waals surface area (Å²) in [5.41, 5.74) is 3.35. The van der Waals surface area contributed by atoms with E-state index in [2.05, 4.69) is 32.3 Å². The van der Waals surface area contributed by atoms with Crippen LogP contribution < -0.4 is 10.1 Å². The molecule has 9 nitrogen and oxygen atoms in total. The average Bonchev–Trinajstić information content (AvgIpc) is 3.35. The first kappa shape index (κ1) is 18.0. The van der Waals surface area contributed by atoms with Crippen LogP contribution in [0.5, 0.6) is 5.75 Å². The molecule has 1 N–H and O–H groups in total. The number of carbonyl (C=O) groups excluding carboxylic acids is 1. The molecule has 1 atom stereocenters. The Morgan fingerprint density at radius 1 is 1.27 bits per heavy atom. The Balaban J connectivity index is 1.64. The Hall–Kier alpha value is -4.01. The van der Waals surface area contributed by atoms with Crippen LogP contribution in [0.1, 0.15) is 29.2 Å². The maximum atomic E-state index is 12.6. The fraction of sp³-hybridized carbons (Fsp3) is 0.190. The van der Waals surface area contributed by atoms with Gasteiger partial charge in [-0.3, -0.25) is 4.79 Å². The zero-order chi connectivity index (χ0) is 20.7. The Labute approximate surface area is 172 Å².